The molecule has 1 N–H and O–H groups in total. The first-order valence-corrected chi connectivity index (χ1v) is 5.96. The maximum absolute atomic E-state index is 12.9. The topological polar surface area (TPSA) is 59.4 Å². The number of carbonyl (C=O) groups is 1. The second-order valence-electron chi connectivity index (χ2n) is 3.63. The summed E-state index contributed by atoms with van der Waals surface area (Å²) in [5, 5.41) is 10.6. The van der Waals surface area contributed by atoms with Gasteiger partial charge in [-0.1, -0.05) is 0 Å². The van der Waals surface area contributed by atoms with Gasteiger partial charge >= 0.3 is 12.1 Å². The molecule has 18 heavy (non-hydrogen) atoms. The van der Waals surface area contributed by atoms with Gasteiger partial charge in [-0.25, -0.2) is 4.98 Å². The summed E-state index contributed by atoms with van der Waals surface area (Å²) in [6.45, 7) is 2.92. The number of hydrogen-bond donors (Lipinski definition) is 1. The number of thiazole rings is 1. The Labute approximate surface area is 105 Å². The van der Waals surface area contributed by atoms with Crippen LogP contribution in [-0.2, 0) is 15.1 Å². The first-order valence-electron chi connectivity index (χ1n) is 5.08. The summed E-state index contributed by atoms with van der Waals surface area (Å²) in [7, 11) is 0. The van der Waals surface area contributed by atoms with Crippen molar-refractivity contribution >= 4 is 17.3 Å². The predicted octanol–water partition coefficient (Wildman–Crippen LogP) is 2.15. The zero-order valence-corrected chi connectivity index (χ0v) is 10.6. The smallest absolute Gasteiger partial charge is 0.424 e. The minimum Gasteiger partial charge on any atom is -0.466 e. The van der Waals surface area contributed by atoms with Gasteiger partial charge in [-0.15, -0.1) is 11.3 Å². The number of halogens is 3. The van der Waals surface area contributed by atoms with Crippen molar-refractivity contribution in [2.45, 2.75) is 32.0 Å². The summed E-state index contributed by atoms with van der Waals surface area (Å²) < 4.78 is 43.2. The van der Waals surface area contributed by atoms with Crippen molar-refractivity contribution in [3.63, 3.8) is 0 Å². The van der Waals surface area contributed by atoms with E-state index < -0.39 is 29.2 Å². The van der Waals surface area contributed by atoms with Crippen LogP contribution >= 0.6 is 11.3 Å². The van der Waals surface area contributed by atoms with Gasteiger partial charge in [0.25, 0.3) is 0 Å². The molecular weight excluding hydrogens is 271 g/mol. The van der Waals surface area contributed by atoms with Crippen molar-refractivity contribution in [3.8, 4) is 0 Å². The number of carbonyl (C=O) groups excluding carboxylic acids is 1. The molecule has 0 unspecified atom stereocenters. The number of ether oxygens (including phenoxy) is 1. The van der Waals surface area contributed by atoms with Gasteiger partial charge in [-0.2, -0.15) is 13.2 Å². The number of alkyl halides is 3. The third-order valence-electron chi connectivity index (χ3n) is 2.15. The highest BCUT2D eigenvalue weighted by Crippen LogP contribution is 2.42. The Morgan fingerprint density at radius 1 is 1.56 bits per heavy atom. The van der Waals surface area contributed by atoms with Crippen LogP contribution in [0.2, 0.25) is 0 Å². The average molecular weight is 283 g/mol. The molecule has 0 aromatic carbocycles. The highest BCUT2D eigenvalue weighted by atomic mass is 32.1. The van der Waals surface area contributed by atoms with Crippen molar-refractivity contribution < 1.29 is 27.8 Å². The third kappa shape index (κ3) is 2.99. The van der Waals surface area contributed by atoms with E-state index in [0.29, 0.717) is 17.0 Å². The highest BCUT2D eigenvalue weighted by molar-refractivity contribution is 7.09. The van der Waals surface area contributed by atoms with E-state index in [4.69, 9.17) is 0 Å². The van der Waals surface area contributed by atoms with Crippen molar-refractivity contribution in [2.24, 2.45) is 0 Å². The van der Waals surface area contributed by atoms with Crippen LogP contribution in [0.25, 0.3) is 0 Å². The molecule has 0 aliphatic carbocycles. The molecular formula is C10H12F3NO3S. The SMILES string of the molecule is CCOC(=O)C[C@](O)(c1nc(C)cs1)C(F)(F)F. The van der Waals surface area contributed by atoms with Gasteiger partial charge in [0.1, 0.15) is 5.01 Å². The summed E-state index contributed by atoms with van der Waals surface area (Å²) in [5.74, 6) is -1.12. The number of hydrogen-bond acceptors (Lipinski definition) is 5. The number of esters is 1. The second-order valence-corrected chi connectivity index (χ2v) is 4.49. The first kappa shape index (κ1) is 14.9. The molecule has 1 aromatic heterocycles. The minimum atomic E-state index is -5.00. The van der Waals surface area contributed by atoms with Crippen LogP contribution in [0.3, 0.4) is 0 Å². The van der Waals surface area contributed by atoms with Crippen LogP contribution in [0.15, 0.2) is 5.38 Å². The van der Waals surface area contributed by atoms with E-state index in [2.05, 4.69) is 9.72 Å². The number of aliphatic hydroxyl groups is 1. The lowest BCUT2D eigenvalue weighted by Crippen LogP contribution is -2.44. The number of rotatable bonds is 4. The van der Waals surface area contributed by atoms with Crippen LogP contribution in [0.1, 0.15) is 24.0 Å². The van der Waals surface area contributed by atoms with Crippen LogP contribution in [0, 0.1) is 6.92 Å². The largest absolute Gasteiger partial charge is 0.466 e. The maximum atomic E-state index is 12.9. The lowest BCUT2D eigenvalue weighted by Gasteiger charge is -2.27. The Bertz CT molecular complexity index is 432. The van der Waals surface area contributed by atoms with E-state index in [1.54, 1.807) is 0 Å². The normalized spacial score (nSPS) is 15.2. The van der Waals surface area contributed by atoms with Gasteiger partial charge in [-0.05, 0) is 13.8 Å². The van der Waals surface area contributed by atoms with Gasteiger partial charge in [0, 0.05) is 11.1 Å². The molecule has 0 spiro atoms. The molecule has 1 atom stereocenters. The number of aryl methyl sites for hydroxylation is 1. The van der Waals surface area contributed by atoms with E-state index >= 15 is 0 Å². The summed E-state index contributed by atoms with van der Waals surface area (Å²) in [6, 6.07) is 0. The molecule has 102 valence electrons. The van der Waals surface area contributed by atoms with Gasteiger partial charge in [0.05, 0.1) is 13.0 Å². The van der Waals surface area contributed by atoms with E-state index in [1.165, 1.54) is 19.2 Å². The monoisotopic (exact) mass is 283 g/mol. The van der Waals surface area contributed by atoms with Crippen LogP contribution in [0.5, 0.6) is 0 Å². The Kier molecular flexibility index (Phi) is 4.33. The number of aromatic nitrogens is 1. The Balaban J connectivity index is 3.08. The predicted molar refractivity (Wildman–Crippen MR) is 58.1 cm³/mol. The molecule has 1 aromatic rings. The fourth-order valence-corrected chi connectivity index (χ4v) is 2.18. The highest BCUT2D eigenvalue weighted by Gasteiger charge is 2.58. The standard InChI is InChI=1S/C10H12F3NO3S/c1-3-17-7(15)4-9(16,10(11,12)13)8-14-6(2)5-18-8/h5,16H,3-4H2,1-2H3/t9-/m0/s1. The van der Waals surface area contributed by atoms with Gasteiger partial charge in [-0.3, -0.25) is 4.79 Å². The lowest BCUT2D eigenvalue weighted by atomic mass is 10.00. The Morgan fingerprint density at radius 3 is 2.56 bits per heavy atom. The molecule has 0 fully saturated rings. The second kappa shape index (κ2) is 5.23. The van der Waals surface area contributed by atoms with Crippen molar-refractivity contribution in [1.29, 1.82) is 0 Å². The van der Waals surface area contributed by atoms with Gasteiger partial charge < -0.3 is 9.84 Å². The third-order valence-corrected chi connectivity index (χ3v) is 3.26. The maximum Gasteiger partial charge on any atom is 0.424 e. The number of nitrogens with zero attached hydrogens (tertiary/aromatic N) is 1. The van der Waals surface area contributed by atoms with E-state index in [-0.39, 0.29) is 6.61 Å². The molecule has 8 heteroatoms. The molecule has 0 radical (unpaired) electrons. The van der Waals surface area contributed by atoms with Gasteiger partial charge in [0.2, 0.25) is 5.60 Å². The minimum absolute atomic E-state index is 0.0519. The molecule has 1 heterocycles. The first-order chi connectivity index (χ1) is 8.20. The Hall–Kier alpha value is -1.15. The molecule has 4 nitrogen and oxygen atoms in total. The van der Waals surface area contributed by atoms with E-state index in [0.717, 1.165) is 0 Å². The summed E-state index contributed by atoms with van der Waals surface area (Å²) in [6.07, 6.45) is -6.19. The molecule has 0 saturated carbocycles. The van der Waals surface area contributed by atoms with Crippen LogP contribution in [-0.4, -0.2) is 28.8 Å². The van der Waals surface area contributed by atoms with Crippen molar-refractivity contribution in [1.82, 2.24) is 4.98 Å². The molecule has 0 aliphatic rings. The lowest BCUT2D eigenvalue weighted by molar-refractivity contribution is -0.269. The summed E-state index contributed by atoms with van der Waals surface area (Å²) >= 11 is 0.655. The zero-order valence-electron chi connectivity index (χ0n) is 9.74. The van der Waals surface area contributed by atoms with Crippen molar-refractivity contribution in [2.75, 3.05) is 6.61 Å². The summed E-state index contributed by atoms with van der Waals surface area (Å²) in [4.78, 5) is 14.8. The van der Waals surface area contributed by atoms with Crippen LogP contribution < -0.4 is 0 Å². The van der Waals surface area contributed by atoms with E-state index in [9.17, 15) is 23.1 Å². The summed E-state index contributed by atoms with van der Waals surface area (Å²) in [5.41, 5.74) is -2.94. The molecule has 0 bridgehead atoms. The fraction of sp³-hybridized carbons (Fsp3) is 0.600. The van der Waals surface area contributed by atoms with Crippen LogP contribution in [0.4, 0.5) is 13.2 Å². The van der Waals surface area contributed by atoms with E-state index in [1.807, 2.05) is 0 Å². The fourth-order valence-electron chi connectivity index (χ4n) is 1.26. The Morgan fingerprint density at radius 2 is 2.17 bits per heavy atom. The average Bonchev–Trinajstić information content (AvgIpc) is 2.63. The van der Waals surface area contributed by atoms with Gasteiger partial charge in [0.15, 0.2) is 0 Å². The quantitative estimate of drug-likeness (QED) is 0.860. The zero-order chi connectivity index (χ0) is 14.0. The molecule has 0 saturated heterocycles. The molecule has 1 rings (SSSR count). The molecule has 0 amide bonds. The molecule has 0 aliphatic heterocycles. The van der Waals surface area contributed by atoms with Crippen molar-refractivity contribution in [3.05, 3.63) is 16.1 Å².